The largest absolute Gasteiger partial charge is 0.493 e. The monoisotopic (exact) mass is 721 g/mol. The summed E-state index contributed by atoms with van der Waals surface area (Å²) in [5.41, 5.74) is -1.31. The molecule has 14 nitrogen and oxygen atoms in total. The van der Waals surface area contributed by atoms with Gasteiger partial charge in [-0.05, 0) is 64.9 Å². The van der Waals surface area contributed by atoms with Crippen molar-refractivity contribution in [1.29, 1.82) is 0 Å². The van der Waals surface area contributed by atoms with Crippen molar-refractivity contribution in [3.63, 3.8) is 0 Å². The van der Waals surface area contributed by atoms with E-state index in [0.29, 0.717) is 30.9 Å². The predicted octanol–water partition coefficient (Wildman–Crippen LogP) is 3.01. The maximum atomic E-state index is 14.1. The number of esters is 5. The lowest BCUT2D eigenvalue weighted by molar-refractivity contribution is -0.197. The van der Waals surface area contributed by atoms with Crippen LogP contribution in [0.1, 0.15) is 70.3 Å². The topological polar surface area (TPSA) is 173 Å². The van der Waals surface area contributed by atoms with Crippen LogP contribution >= 0.6 is 0 Å². The first-order valence-corrected chi connectivity index (χ1v) is 17.0. The Labute approximate surface area is 300 Å². The third-order valence-corrected chi connectivity index (χ3v) is 10.1. The number of piperidine rings is 1. The van der Waals surface area contributed by atoms with E-state index in [1.165, 1.54) is 19.2 Å². The van der Waals surface area contributed by atoms with Gasteiger partial charge < -0.3 is 43.2 Å². The Kier molecular flexibility index (Phi) is 9.60. The van der Waals surface area contributed by atoms with Crippen molar-refractivity contribution in [2.24, 2.45) is 0 Å². The van der Waals surface area contributed by atoms with Gasteiger partial charge in [0, 0.05) is 37.4 Å². The van der Waals surface area contributed by atoms with Crippen LogP contribution in [0.25, 0.3) is 0 Å². The zero-order valence-electron chi connectivity index (χ0n) is 30.1. The molecule has 14 heteroatoms. The number of benzene rings is 2. The van der Waals surface area contributed by atoms with Gasteiger partial charge in [0.1, 0.15) is 11.4 Å². The Morgan fingerprint density at radius 1 is 0.923 bits per heavy atom. The van der Waals surface area contributed by atoms with E-state index in [2.05, 4.69) is 4.90 Å². The van der Waals surface area contributed by atoms with Crippen LogP contribution in [-0.4, -0.2) is 96.1 Å². The van der Waals surface area contributed by atoms with E-state index in [0.717, 1.165) is 25.0 Å². The van der Waals surface area contributed by atoms with Gasteiger partial charge in [-0.2, -0.15) is 0 Å². The molecular formula is C38H43NO13. The van der Waals surface area contributed by atoms with Crippen LogP contribution in [0, 0.1) is 0 Å². The number of hydrogen-bond acceptors (Lipinski definition) is 14. The van der Waals surface area contributed by atoms with Crippen LogP contribution in [0.4, 0.5) is 0 Å². The third-order valence-electron chi connectivity index (χ3n) is 10.1. The fraction of sp³-hybridized carbons (Fsp3) is 0.500. The lowest BCUT2D eigenvalue weighted by atomic mass is 9.50. The highest BCUT2D eigenvalue weighted by molar-refractivity contribution is 5.91. The lowest BCUT2D eigenvalue weighted by Crippen LogP contribution is -2.74. The zero-order chi connectivity index (χ0) is 37.7. The molecule has 1 spiro atoms. The van der Waals surface area contributed by atoms with E-state index in [-0.39, 0.29) is 23.8 Å². The minimum Gasteiger partial charge on any atom is -0.493 e. The number of hydrogen-bond donors (Lipinski definition) is 1. The number of nitrogens with zero attached hydrogens (tertiary/aromatic N) is 1. The summed E-state index contributed by atoms with van der Waals surface area (Å²) >= 11 is 0. The quantitative estimate of drug-likeness (QED) is 0.280. The van der Waals surface area contributed by atoms with Gasteiger partial charge in [-0.1, -0.05) is 36.4 Å². The summed E-state index contributed by atoms with van der Waals surface area (Å²) in [6.45, 7) is 7.48. The normalized spacial score (nSPS) is 25.9. The molecule has 2 heterocycles. The molecule has 52 heavy (non-hydrogen) atoms. The van der Waals surface area contributed by atoms with Crippen molar-refractivity contribution >= 4 is 29.8 Å². The summed E-state index contributed by atoms with van der Waals surface area (Å²) < 4.78 is 39.7. The second-order valence-electron chi connectivity index (χ2n) is 14.5. The van der Waals surface area contributed by atoms with E-state index in [1.807, 2.05) is 13.1 Å². The van der Waals surface area contributed by atoms with Crippen LogP contribution in [-0.2, 0) is 59.5 Å². The summed E-state index contributed by atoms with van der Waals surface area (Å²) in [4.78, 5) is 68.1. The van der Waals surface area contributed by atoms with Crippen LogP contribution in [0.15, 0.2) is 54.3 Å². The number of carbonyl (C=O) groups is 5. The second kappa shape index (κ2) is 13.6. The fourth-order valence-corrected chi connectivity index (χ4v) is 8.01. The zero-order valence-corrected chi connectivity index (χ0v) is 30.1. The average Bonchev–Trinajstić information content (AvgIpc) is 3.43. The van der Waals surface area contributed by atoms with Gasteiger partial charge in [-0.25, -0.2) is 14.4 Å². The molecule has 0 radical (unpaired) electrons. The van der Waals surface area contributed by atoms with E-state index in [9.17, 15) is 29.1 Å². The van der Waals surface area contributed by atoms with Crippen molar-refractivity contribution in [1.82, 2.24) is 4.90 Å². The highest BCUT2D eigenvalue weighted by atomic mass is 16.7. The highest BCUT2D eigenvalue weighted by Crippen LogP contribution is 2.65. The standard InChI is InChI=1S/C38H43NO13/c1-20(40)47-30(31(48-21(2)41)34(43)51-28(22-11-9-8-10-12-22)35(44)52-36(3,4)5)33(42)49-25-15-16-38(45)26-19-23-13-14-24(46-7)29-27(23)37(38,32(25)50-29)17-18-39(26)6/h8-15,26,28,30-32,45H,16-19H2,1-7H3/t26-,28-,30+,31+,32-,37-,38+/m0/s1. The molecular weight excluding hydrogens is 678 g/mol. The first kappa shape index (κ1) is 36.8. The number of ether oxygens (including phenoxy) is 7. The van der Waals surface area contributed by atoms with Crippen LogP contribution < -0.4 is 9.47 Å². The smallest absolute Gasteiger partial charge is 0.357 e. The fourth-order valence-electron chi connectivity index (χ4n) is 8.01. The molecule has 4 aliphatic rings. The van der Waals surface area contributed by atoms with Gasteiger partial charge in [0.15, 0.2) is 17.6 Å². The molecule has 0 unspecified atom stereocenters. The Balaban J connectivity index is 1.34. The van der Waals surface area contributed by atoms with Gasteiger partial charge in [0.25, 0.3) is 0 Å². The number of methoxy groups -OCH3 is 1. The number of rotatable bonds is 10. The number of carbonyl (C=O) groups excluding carboxylic acids is 5. The van der Waals surface area contributed by atoms with Crippen molar-refractivity contribution < 1.29 is 62.2 Å². The Hall–Kier alpha value is -4.95. The van der Waals surface area contributed by atoms with Crippen LogP contribution in [0.2, 0.25) is 0 Å². The lowest BCUT2D eigenvalue weighted by Gasteiger charge is -2.61. The Morgan fingerprint density at radius 2 is 1.58 bits per heavy atom. The third kappa shape index (κ3) is 6.27. The molecule has 2 bridgehead atoms. The molecule has 0 saturated carbocycles. The molecule has 7 atom stereocenters. The summed E-state index contributed by atoms with van der Waals surface area (Å²) in [6.07, 6.45) is -4.37. The van der Waals surface area contributed by atoms with Gasteiger partial charge in [0.2, 0.25) is 18.3 Å². The molecule has 1 fully saturated rings. The predicted molar refractivity (Wildman–Crippen MR) is 180 cm³/mol. The minimum atomic E-state index is -2.20. The number of aliphatic hydroxyl groups is 1. The van der Waals surface area contributed by atoms with Gasteiger partial charge >= 0.3 is 29.8 Å². The molecule has 1 saturated heterocycles. The maximum Gasteiger partial charge on any atom is 0.357 e. The first-order chi connectivity index (χ1) is 24.5. The molecule has 2 aromatic rings. The second-order valence-corrected chi connectivity index (χ2v) is 14.5. The average molecular weight is 722 g/mol. The molecule has 2 aromatic carbocycles. The van der Waals surface area contributed by atoms with Crippen molar-refractivity contribution in [2.45, 2.75) is 101 Å². The summed E-state index contributed by atoms with van der Waals surface area (Å²) in [6, 6.07) is 11.4. The van der Waals surface area contributed by atoms with E-state index < -0.39 is 70.9 Å². The van der Waals surface area contributed by atoms with Crippen LogP contribution in [0.3, 0.4) is 0 Å². The van der Waals surface area contributed by atoms with Crippen LogP contribution in [0.5, 0.6) is 11.5 Å². The molecule has 6 rings (SSSR count). The number of likely N-dealkylation sites (N-methyl/N-ethyl adjacent to an activating group) is 1. The molecule has 0 amide bonds. The SMILES string of the molecule is COc1ccc2c3c1O[C@H]1C(OC(=O)[C@H](OC(C)=O)[C@@H](OC(C)=O)C(=O)O[C@H](C(=O)OC(C)(C)C)c4ccccc4)=CC[C@@]4(O)[C@H](C2)N(C)CC[C@]314. The van der Waals surface area contributed by atoms with Crippen molar-refractivity contribution in [3.8, 4) is 11.5 Å². The van der Waals surface area contributed by atoms with E-state index in [4.69, 9.17) is 33.2 Å². The molecule has 2 aliphatic carbocycles. The van der Waals surface area contributed by atoms with Crippen molar-refractivity contribution in [3.05, 3.63) is 71.0 Å². The Bertz CT molecular complexity index is 1820. The molecule has 1 N–H and O–H groups in total. The molecule has 278 valence electrons. The summed E-state index contributed by atoms with van der Waals surface area (Å²) in [5.74, 6) is -4.74. The van der Waals surface area contributed by atoms with Gasteiger partial charge in [-0.15, -0.1) is 0 Å². The molecule has 0 aromatic heterocycles. The number of likely N-dealkylation sites (tertiary alicyclic amines) is 1. The maximum absolute atomic E-state index is 14.1. The highest BCUT2D eigenvalue weighted by Gasteiger charge is 2.72. The van der Waals surface area contributed by atoms with E-state index >= 15 is 0 Å². The minimum absolute atomic E-state index is 0.00657. The summed E-state index contributed by atoms with van der Waals surface area (Å²) in [5, 5.41) is 12.5. The van der Waals surface area contributed by atoms with Crippen molar-refractivity contribution in [2.75, 3.05) is 20.7 Å². The van der Waals surface area contributed by atoms with Gasteiger partial charge in [-0.3, -0.25) is 9.59 Å². The van der Waals surface area contributed by atoms with E-state index in [1.54, 1.807) is 51.1 Å². The summed E-state index contributed by atoms with van der Waals surface area (Å²) in [7, 11) is 3.46. The Morgan fingerprint density at radius 3 is 2.19 bits per heavy atom. The van der Waals surface area contributed by atoms with Gasteiger partial charge in [0.05, 0.1) is 18.1 Å². The first-order valence-electron chi connectivity index (χ1n) is 17.0. The molecule has 2 aliphatic heterocycles.